The van der Waals surface area contributed by atoms with E-state index in [9.17, 15) is 14.9 Å². The molecule has 0 saturated carbocycles. The number of carbonyl (C=O) groups excluding carboxylic acids is 1. The minimum absolute atomic E-state index is 0.0543. The minimum atomic E-state index is -0.501. The van der Waals surface area contributed by atoms with Crippen LogP contribution in [-0.2, 0) is 4.79 Å². The van der Waals surface area contributed by atoms with Crippen LogP contribution in [0.2, 0.25) is 0 Å². The highest BCUT2D eigenvalue weighted by Crippen LogP contribution is 2.28. The third-order valence-electron chi connectivity index (χ3n) is 3.40. The molecule has 140 valence electrons. The van der Waals surface area contributed by atoms with E-state index in [1.54, 1.807) is 31.4 Å². The Hall–Kier alpha value is -3.46. The van der Waals surface area contributed by atoms with E-state index in [-0.39, 0.29) is 10.8 Å². The fraction of sp³-hybridized carbons (Fsp3) is 0.111. The van der Waals surface area contributed by atoms with Gasteiger partial charge in [-0.05, 0) is 36.0 Å². The number of ether oxygens (including phenoxy) is 2. The van der Waals surface area contributed by atoms with Gasteiger partial charge < -0.3 is 14.8 Å². The van der Waals surface area contributed by atoms with Crippen LogP contribution in [0.25, 0.3) is 6.08 Å². The molecule has 2 rings (SSSR count). The molecule has 27 heavy (non-hydrogen) atoms. The summed E-state index contributed by atoms with van der Waals surface area (Å²) in [5, 5.41) is 16.2. The number of nitro benzene ring substituents is 1. The molecule has 1 amide bonds. The number of nitrogens with one attached hydrogen (secondary N) is 2. The molecule has 2 N–H and O–H groups in total. The van der Waals surface area contributed by atoms with Crippen molar-refractivity contribution in [1.82, 2.24) is 5.32 Å². The number of rotatable bonds is 6. The monoisotopic (exact) mass is 387 g/mol. The third kappa shape index (κ3) is 5.79. The number of non-ortho nitro benzene ring substituents is 1. The number of anilines is 1. The van der Waals surface area contributed by atoms with Crippen molar-refractivity contribution in [2.75, 3.05) is 19.5 Å². The number of amides is 1. The van der Waals surface area contributed by atoms with Gasteiger partial charge in [0.05, 0.1) is 24.8 Å². The number of methoxy groups -OCH3 is 2. The number of carbonyl (C=O) groups is 1. The number of nitrogens with zero attached hydrogens (tertiary/aromatic N) is 1. The highest BCUT2D eigenvalue weighted by molar-refractivity contribution is 7.80. The van der Waals surface area contributed by atoms with Crippen molar-refractivity contribution in [2.45, 2.75) is 0 Å². The quantitative estimate of drug-likeness (QED) is 0.340. The second-order valence-electron chi connectivity index (χ2n) is 5.20. The van der Waals surface area contributed by atoms with Crippen molar-refractivity contribution in [2.24, 2.45) is 0 Å². The molecule has 0 radical (unpaired) electrons. The maximum atomic E-state index is 12.0. The van der Waals surface area contributed by atoms with Gasteiger partial charge in [0.25, 0.3) is 5.69 Å². The molecule has 0 unspecified atom stereocenters. The zero-order valence-electron chi connectivity index (χ0n) is 14.6. The van der Waals surface area contributed by atoms with Gasteiger partial charge in [0.2, 0.25) is 5.91 Å². The Morgan fingerprint density at radius 3 is 2.63 bits per heavy atom. The Morgan fingerprint density at radius 1 is 1.19 bits per heavy atom. The predicted octanol–water partition coefficient (Wildman–Crippen LogP) is 3.14. The van der Waals surface area contributed by atoms with Gasteiger partial charge >= 0.3 is 0 Å². The van der Waals surface area contributed by atoms with Gasteiger partial charge in [-0.3, -0.25) is 20.2 Å². The van der Waals surface area contributed by atoms with Crippen molar-refractivity contribution in [3.05, 3.63) is 64.2 Å². The van der Waals surface area contributed by atoms with E-state index >= 15 is 0 Å². The second kappa shape index (κ2) is 9.30. The lowest BCUT2D eigenvalue weighted by Gasteiger charge is -2.13. The van der Waals surface area contributed by atoms with Crippen LogP contribution in [0.4, 0.5) is 11.4 Å². The Kier molecular flexibility index (Phi) is 6.84. The molecule has 0 heterocycles. The molecule has 0 saturated heterocycles. The van der Waals surface area contributed by atoms with Crippen LogP contribution in [0.3, 0.4) is 0 Å². The molecule has 0 bridgehead atoms. The van der Waals surface area contributed by atoms with Gasteiger partial charge in [0.1, 0.15) is 11.5 Å². The molecule has 0 atom stereocenters. The van der Waals surface area contributed by atoms with Gasteiger partial charge in [-0.25, -0.2) is 0 Å². The fourth-order valence-corrected chi connectivity index (χ4v) is 2.33. The molecule has 0 aliphatic carbocycles. The van der Waals surface area contributed by atoms with E-state index in [0.29, 0.717) is 22.7 Å². The average Bonchev–Trinajstić information content (AvgIpc) is 2.66. The molecule has 2 aromatic carbocycles. The predicted molar refractivity (Wildman–Crippen MR) is 106 cm³/mol. The maximum absolute atomic E-state index is 12.0. The summed E-state index contributed by atoms with van der Waals surface area (Å²) in [4.78, 5) is 22.2. The molecule has 9 heteroatoms. The van der Waals surface area contributed by atoms with E-state index < -0.39 is 10.8 Å². The number of benzene rings is 2. The summed E-state index contributed by atoms with van der Waals surface area (Å²) >= 11 is 5.11. The Morgan fingerprint density at radius 2 is 1.96 bits per heavy atom. The van der Waals surface area contributed by atoms with Gasteiger partial charge in [0.15, 0.2) is 5.11 Å². The van der Waals surface area contributed by atoms with Gasteiger partial charge in [0, 0.05) is 24.3 Å². The topological polar surface area (TPSA) is 103 Å². The summed E-state index contributed by atoms with van der Waals surface area (Å²) in [7, 11) is 3.05. The van der Waals surface area contributed by atoms with E-state index in [2.05, 4.69) is 10.6 Å². The lowest BCUT2D eigenvalue weighted by atomic mass is 10.2. The number of hydrogen-bond acceptors (Lipinski definition) is 6. The Bertz CT molecular complexity index is 898. The van der Waals surface area contributed by atoms with Crippen molar-refractivity contribution in [3.63, 3.8) is 0 Å². The maximum Gasteiger partial charge on any atom is 0.270 e. The number of nitro groups is 1. The summed E-state index contributed by atoms with van der Waals surface area (Å²) in [5.74, 6) is 0.636. The SMILES string of the molecule is COc1ccc(NC(=S)NC(=O)/C=C/c2cccc([N+](=O)[O-])c2)c(OC)c1. The Balaban J connectivity index is 1.99. The zero-order valence-corrected chi connectivity index (χ0v) is 15.4. The van der Waals surface area contributed by atoms with Crippen molar-refractivity contribution in [3.8, 4) is 11.5 Å². The summed E-state index contributed by atoms with van der Waals surface area (Å²) in [6, 6.07) is 11.0. The average molecular weight is 387 g/mol. The lowest BCUT2D eigenvalue weighted by molar-refractivity contribution is -0.384. The molecule has 2 aromatic rings. The first-order valence-corrected chi connectivity index (χ1v) is 8.10. The molecule has 0 aromatic heterocycles. The molecule has 0 spiro atoms. The number of thiocarbonyl (C=S) groups is 1. The lowest BCUT2D eigenvalue weighted by Crippen LogP contribution is -2.32. The summed E-state index contributed by atoms with van der Waals surface area (Å²) in [6.45, 7) is 0. The highest BCUT2D eigenvalue weighted by Gasteiger charge is 2.08. The normalized spacial score (nSPS) is 10.3. The third-order valence-corrected chi connectivity index (χ3v) is 3.61. The van der Waals surface area contributed by atoms with Crippen LogP contribution in [0.15, 0.2) is 48.5 Å². The van der Waals surface area contributed by atoms with E-state index in [1.165, 1.54) is 37.5 Å². The van der Waals surface area contributed by atoms with Crippen molar-refractivity contribution < 1.29 is 19.2 Å². The summed E-state index contributed by atoms with van der Waals surface area (Å²) < 4.78 is 10.4. The highest BCUT2D eigenvalue weighted by atomic mass is 32.1. The molecular formula is C18H17N3O5S. The van der Waals surface area contributed by atoms with E-state index in [0.717, 1.165) is 0 Å². The van der Waals surface area contributed by atoms with Crippen molar-refractivity contribution in [1.29, 1.82) is 0 Å². The van der Waals surface area contributed by atoms with Gasteiger partial charge in [-0.2, -0.15) is 0 Å². The molecule has 8 nitrogen and oxygen atoms in total. The van der Waals surface area contributed by atoms with E-state index in [1.807, 2.05) is 0 Å². The minimum Gasteiger partial charge on any atom is -0.497 e. The molecule has 0 aliphatic rings. The van der Waals surface area contributed by atoms with E-state index in [4.69, 9.17) is 21.7 Å². The first-order valence-electron chi connectivity index (χ1n) is 7.69. The number of hydrogen-bond donors (Lipinski definition) is 2. The largest absolute Gasteiger partial charge is 0.497 e. The van der Waals surface area contributed by atoms with Crippen LogP contribution >= 0.6 is 12.2 Å². The first kappa shape index (κ1) is 19.9. The fourth-order valence-electron chi connectivity index (χ4n) is 2.12. The van der Waals surface area contributed by atoms with Crippen LogP contribution in [-0.4, -0.2) is 30.2 Å². The second-order valence-corrected chi connectivity index (χ2v) is 5.60. The summed E-state index contributed by atoms with van der Waals surface area (Å²) in [5.41, 5.74) is 1.03. The zero-order chi connectivity index (χ0) is 19.8. The smallest absolute Gasteiger partial charge is 0.270 e. The van der Waals surface area contributed by atoms with Gasteiger partial charge in [-0.15, -0.1) is 0 Å². The molecule has 0 aliphatic heterocycles. The van der Waals surface area contributed by atoms with Crippen LogP contribution in [0.1, 0.15) is 5.56 Å². The van der Waals surface area contributed by atoms with Gasteiger partial charge in [-0.1, -0.05) is 12.1 Å². The molecule has 0 fully saturated rings. The van der Waals surface area contributed by atoms with Crippen LogP contribution in [0.5, 0.6) is 11.5 Å². The first-order chi connectivity index (χ1) is 12.9. The van der Waals surface area contributed by atoms with Crippen molar-refractivity contribution >= 4 is 40.7 Å². The Labute approximate surface area is 160 Å². The standard InChI is InChI=1S/C18H17N3O5S/c1-25-14-7-8-15(16(11-14)26-2)19-18(27)20-17(22)9-6-12-4-3-5-13(10-12)21(23)24/h3-11H,1-2H3,(H2,19,20,22,27)/b9-6+. The summed E-state index contributed by atoms with van der Waals surface area (Å²) in [6.07, 6.45) is 2.69. The van der Waals surface area contributed by atoms with Crippen LogP contribution < -0.4 is 20.1 Å². The van der Waals surface area contributed by atoms with Crippen LogP contribution in [0, 0.1) is 10.1 Å². The molecular weight excluding hydrogens is 370 g/mol.